The molecule has 0 radical (unpaired) electrons. The highest BCUT2D eigenvalue weighted by molar-refractivity contribution is 5.86. The van der Waals surface area contributed by atoms with E-state index >= 15 is 0 Å². The van der Waals surface area contributed by atoms with Crippen LogP contribution in [0.5, 0.6) is 5.75 Å². The molecule has 0 atom stereocenters. The lowest BCUT2D eigenvalue weighted by atomic mass is 10.0. The third-order valence-electron chi connectivity index (χ3n) is 1.91. The number of aliphatic hydroxyl groups is 1. The van der Waals surface area contributed by atoms with Crippen molar-refractivity contribution in [2.24, 2.45) is 0 Å². The van der Waals surface area contributed by atoms with Crippen LogP contribution in [0.2, 0.25) is 0 Å². The normalized spacial score (nSPS) is 10.2. The van der Waals surface area contributed by atoms with Crippen LogP contribution in [0.15, 0.2) is 12.1 Å². The van der Waals surface area contributed by atoms with E-state index < -0.39 is 13.2 Å². The second kappa shape index (κ2) is 5.32. The van der Waals surface area contributed by atoms with E-state index in [-0.39, 0.29) is 22.4 Å². The van der Waals surface area contributed by atoms with Crippen LogP contribution in [0.3, 0.4) is 0 Å². The van der Waals surface area contributed by atoms with Crippen LogP contribution in [0.25, 0.3) is 0 Å². The zero-order valence-corrected chi connectivity index (χ0v) is 8.02. The highest BCUT2D eigenvalue weighted by atomic mass is 19.3. The van der Waals surface area contributed by atoms with Crippen molar-refractivity contribution in [1.29, 1.82) is 0 Å². The van der Waals surface area contributed by atoms with Crippen molar-refractivity contribution in [2.75, 3.05) is 0 Å². The van der Waals surface area contributed by atoms with Gasteiger partial charge in [0.2, 0.25) is 0 Å². The van der Waals surface area contributed by atoms with Crippen molar-refractivity contribution >= 4 is 12.6 Å². The molecule has 4 nitrogen and oxygen atoms in total. The molecule has 0 saturated heterocycles. The number of aldehydes is 2. The maximum atomic E-state index is 12.0. The fourth-order valence-electron chi connectivity index (χ4n) is 1.19. The van der Waals surface area contributed by atoms with E-state index in [2.05, 4.69) is 4.74 Å². The molecule has 16 heavy (non-hydrogen) atoms. The number of carbonyl (C=O) groups excluding carboxylic acids is 2. The van der Waals surface area contributed by atoms with Gasteiger partial charge in [-0.2, -0.15) is 8.78 Å². The molecule has 0 fully saturated rings. The minimum atomic E-state index is -3.08. The standard InChI is InChI=1S/C10H8F2O4/c11-10(12)16-9-2-7(4-14)6(3-13)1-8(9)5-15/h1-3,5,10,14H,4H2. The fraction of sp³-hybridized carbons (Fsp3) is 0.200. The van der Waals surface area contributed by atoms with E-state index in [0.29, 0.717) is 12.6 Å². The SMILES string of the molecule is O=Cc1cc(C=O)c(OC(F)F)cc1CO. The molecular weight excluding hydrogens is 222 g/mol. The van der Waals surface area contributed by atoms with Gasteiger partial charge < -0.3 is 9.84 Å². The van der Waals surface area contributed by atoms with Crippen molar-refractivity contribution < 1.29 is 28.2 Å². The van der Waals surface area contributed by atoms with Gasteiger partial charge in [-0.15, -0.1) is 0 Å². The van der Waals surface area contributed by atoms with Crippen LogP contribution in [-0.4, -0.2) is 24.3 Å². The van der Waals surface area contributed by atoms with Gasteiger partial charge in [0, 0.05) is 5.56 Å². The van der Waals surface area contributed by atoms with E-state index in [4.69, 9.17) is 5.11 Å². The largest absolute Gasteiger partial charge is 0.434 e. The van der Waals surface area contributed by atoms with Crippen molar-refractivity contribution in [3.8, 4) is 5.75 Å². The summed E-state index contributed by atoms with van der Waals surface area (Å²) in [5.41, 5.74) is 0.0158. The number of aliphatic hydroxyl groups excluding tert-OH is 1. The molecular formula is C10H8F2O4. The third kappa shape index (κ3) is 2.60. The highest BCUT2D eigenvalue weighted by Crippen LogP contribution is 2.23. The topological polar surface area (TPSA) is 63.6 Å². The summed E-state index contributed by atoms with van der Waals surface area (Å²) in [5, 5.41) is 8.88. The van der Waals surface area contributed by atoms with Crippen molar-refractivity contribution in [3.63, 3.8) is 0 Å². The number of hydrogen-bond acceptors (Lipinski definition) is 4. The van der Waals surface area contributed by atoms with Gasteiger partial charge in [0.1, 0.15) is 12.0 Å². The Kier molecular flexibility index (Phi) is 4.07. The van der Waals surface area contributed by atoms with E-state index in [0.717, 1.165) is 12.1 Å². The Morgan fingerprint density at radius 3 is 2.31 bits per heavy atom. The minimum Gasteiger partial charge on any atom is -0.434 e. The number of halogens is 2. The van der Waals surface area contributed by atoms with Gasteiger partial charge in [-0.25, -0.2) is 0 Å². The third-order valence-corrected chi connectivity index (χ3v) is 1.91. The summed E-state index contributed by atoms with van der Waals surface area (Å²) in [6.07, 6.45) is 0.719. The lowest BCUT2D eigenvalue weighted by molar-refractivity contribution is -0.0501. The van der Waals surface area contributed by atoms with Gasteiger partial charge in [-0.05, 0) is 17.7 Å². The fourth-order valence-corrected chi connectivity index (χ4v) is 1.19. The molecule has 0 bridgehead atoms. The number of alkyl halides is 2. The van der Waals surface area contributed by atoms with Crippen LogP contribution < -0.4 is 4.74 Å². The molecule has 6 heteroatoms. The number of carbonyl (C=O) groups is 2. The van der Waals surface area contributed by atoms with Crippen molar-refractivity contribution in [1.82, 2.24) is 0 Å². The molecule has 0 aromatic heterocycles. The average molecular weight is 230 g/mol. The first kappa shape index (κ1) is 12.3. The molecule has 0 spiro atoms. The molecule has 0 aliphatic heterocycles. The van der Waals surface area contributed by atoms with E-state index in [1.54, 1.807) is 0 Å². The molecule has 1 N–H and O–H groups in total. The quantitative estimate of drug-likeness (QED) is 0.776. The Morgan fingerprint density at radius 2 is 1.88 bits per heavy atom. The Balaban J connectivity index is 3.25. The molecule has 0 amide bonds. The Bertz CT molecular complexity index is 404. The average Bonchev–Trinajstić information content (AvgIpc) is 2.27. The number of benzene rings is 1. The maximum Gasteiger partial charge on any atom is 0.387 e. The first-order valence-electron chi connectivity index (χ1n) is 4.25. The van der Waals surface area contributed by atoms with Crippen LogP contribution in [-0.2, 0) is 6.61 Å². The van der Waals surface area contributed by atoms with E-state index in [1.165, 1.54) is 0 Å². The number of hydrogen-bond donors (Lipinski definition) is 1. The van der Waals surface area contributed by atoms with Gasteiger partial charge in [0.05, 0.1) is 12.2 Å². The zero-order chi connectivity index (χ0) is 12.1. The Labute approximate surface area is 89.5 Å². The second-order valence-corrected chi connectivity index (χ2v) is 2.86. The minimum absolute atomic E-state index is 0.0613. The smallest absolute Gasteiger partial charge is 0.387 e. The lowest BCUT2D eigenvalue weighted by Gasteiger charge is -2.10. The van der Waals surface area contributed by atoms with Crippen LogP contribution in [0, 0.1) is 0 Å². The second-order valence-electron chi connectivity index (χ2n) is 2.86. The molecule has 0 heterocycles. The predicted molar refractivity (Wildman–Crippen MR) is 49.8 cm³/mol. The summed E-state index contributed by atoms with van der Waals surface area (Å²) in [4.78, 5) is 21.1. The number of ether oxygens (including phenoxy) is 1. The van der Waals surface area contributed by atoms with E-state index in [1.807, 2.05) is 0 Å². The van der Waals surface area contributed by atoms with Gasteiger partial charge in [0.15, 0.2) is 6.29 Å². The summed E-state index contributed by atoms with van der Waals surface area (Å²) in [7, 11) is 0. The van der Waals surface area contributed by atoms with Crippen molar-refractivity contribution in [2.45, 2.75) is 13.2 Å². The van der Waals surface area contributed by atoms with Crippen LogP contribution >= 0.6 is 0 Å². The predicted octanol–water partition coefficient (Wildman–Crippen LogP) is 1.41. The summed E-state index contributed by atoms with van der Waals surface area (Å²) in [6, 6.07) is 2.13. The zero-order valence-electron chi connectivity index (χ0n) is 8.02. The Morgan fingerprint density at radius 1 is 1.25 bits per heavy atom. The lowest BCUT2D eigenvalue weighted by Crippen LogP contribution is -2.06. The number of rotatable bonds is 5. The highest BCUT2D eigenvalue weighted by Gasteiger charge is 2.13. The molecule has 86 valence electrons. The monoisotopic (exact) mass is 230 g/mol. The van der Waals surface area contributed by atoms with Crippen LogP contribution in [0.4, 0.5) is 8.78 Å². The van der Waals surface area contributed by atoms with Gasteiger partial charge in [-0.3, -0.25) is 9.59 Å². The summed E-state index contributed by atoms with van der Waals surface area (Å²) in [6.45, 7) is -3.58. The van der Waals surface area contributed by atoms with Crippen LogP contribution in [0.1, 0.15) is 26.3 Å². The van der Waals surface area contributed by atoms with Gasteiger partial charge in [0.25, 0.3) is 0 Å². The molecule has 0 aliphatic carbocycles. The summed E-state index contributed by atoms with van der Waals surface area (Å²) >= 11 is 0. The molecule has 1 aromatic carbocycles. The molecule has 1 rings (SSSR count). The summed E-state index contributed by atoms with van der Waals surface area (Å²) < 4.78 is 28.1. The maximum absolute atomic E-state index is 12.0. The Hall–Kier alpha value is -1.82. The molecule has 0 unspecified atom stereocenters. The first-order valence-corrected chi connectivity index (χ1v) is 4.25. The van der Waals surface area contributed by atoms with Crippen molar-refractivity contribution in [3.05, 3.63) is 28.8 Å². The summed E-state index contributed by atoms with van der Waals surface area (Å²) in [5.74, 6) is -0.361. The molecule has 1 aromatic rings. The van der Waals surface area contributed by atoms with Gasteiger partial charge in [-0.1, -0.05) is 0 Å². The van der Waals surface area contributed by atoms with E-state index in [9.17, 15) is 18.4 Å². The van der Waals surface area contributed by atoms with Gasteiger partial charge >= 0.3 is 6.61 Å². The molecule has 0 saturated carbocycles. The molecule has 0 aliphatic rings. The first-order chi connectivity index (χ1) is 7.62.